The van der Waals surface area contributed by atoms with Crippen molar-refractivity contribution in [1.82, 2.24) is 0 Å². The molecule has 0 saturated heterocycles. The average Bonchev–Trinajstić information content (AvgIpc) is 2.64. The minimum atomic E-state index is -0.398. The standard InChI is InChI=1S/C12H20O2S.C10H18OS.C7H12O2/c1-10(13)8-6-5-7-9-11(14)15-12(2,3)4;1-5-6-7-8-9(11)12-10(2,3)4;1-5-6(8)9-7(2,3)4/h6,8H,5,7,9H2,1-4H3;5H,1,6-8H2,2-4H3;5H,1H2,2-4H3. The number of carbonyl (C=O) groups excluding carboxylic acids is 4. The van der Waals surface area contributed by atoms with Crippen molar-refractivity contribution >= 4 is 45.5 Å². The van der Waals surface area contributed by atoms with E-state index in [2.05, 4.69) is 33.9 Å². The van der Waals surface area contributed by atoms with Crippen LogP contribution < -0.4 is 0 Å². The van der Waals surface area contributed by atoms with E-state index < -0.39 is 5.60 Å². The van der Waals surface area contributed by atoms with Gasteiger partial charge < -0.3 is 4.74 Å². The van der Waals surface area contributed by atoms with Gasteiger partial charge in [-0.15, -0.1) is 6.58 Å². The lowest BCUT2D eigenvalue weighted by Crippen LogP contribution is -2.22. The number of thioether (sulfide) groups is 2. The summed E-state index contributed by atoms with van der Waals surface area (Å²) in [5.41, 5.74) is -0.398. The molecule has 0 aromatic heterocycles. The van der Waals surface area contributed by atoms with Crippen molar-refractivity contribution in [3.05, 3.63) is 37.5 Å². The van der Waals surface area contributed by atoms with Crippen LogP contribution in [0.2, 0.25) is 0 Å². The molecule has 0 aromatic rings. The van der Waals surface area contributed by atoms with Gasteiger partial charge in [-0.2, -0.15) is 0 Å². The monoisotopic (exact) mass is 542 g/mol. The SMILES string of the molecule is C=CC(=O)OC(C)(C)C.C=CCCCC(=O)SC(C)(C)C.CC(=O)C=CCCCC(=O)SC(C)(C)C. The van der Waals surface area contributed by atoms with Gasteiger partial charge in [-0.3, -0.25) is 14.4 Å². The number of carbonyl (C=O) groups is 4. The molecule has 0 aliphatic heterocycles. The summed E-state index contributed by atoms with van der Waals surface area (Å²) in [5.74, 6) is -0.312. The van der Waals surface area contributed by atoms with E-state index in [1.54, 1.807) is 6.08 Å². The highest BCUT2D eigenvalue weighted by Gasteiger charge is 2.16. The number of allylic oxidation sites excluding steroid dienone is 3. The van der Waals surface area contributed by atoms with Gasteiger partial charge >= 0.3 is 5.97 Å². The molecule has 0 aliphatic rings. The third kappa shape index (κ3) is 39.6. The van der Waals surface area contributed by atoms with Gasteiger partial charge in [0, 0.05) is 28.4 Å². The van der Waals surface area contributed by atoms with Gasteiger partial charge in [-0.1, -0.05) is 83.8 Å². The molecule has 0 atom stereocenters. The van der Waals surface area contributed by atoms with Gasteiger partial charge in [-0.25, -0.2) is 4.79 Å². The Labute approximate surface area is 229 Å². The average molecular weight is 543 g/mol. The first-order valence-electron chi connectivity index (χ1n) is 12.3. The Morgan fingerprint density at radius 1 is 0.750 bits per heavy atom. The summed E-state index contributed by atoms with van der Waals surface area (Å²) in [4.78, 5) is 43.7. The number of esters is 1. The summed E-state index contributed by atoms with van der Waals surface area (Å²) in [7, 11) is 0. The van der Waals surface area contributed by atoms with E-state index in [-0.39, 0.29) is 26.4 Å². The first-order chi connectivity index (χ1) is 16.2. The molecule has 5 nitrogen and oxygen atoms in total. The van der Waals surface area contributed by atoms with Gasteiger partial charge in [0.1, 0.15) is 5.60 Å². The largest absolute Gasteiger partial charge is 0.457 e. The van der Waals surface area contributed by atoms with Crippen LogP contribution >= 0.6 is 23.5 Å². The molecular formula is C29H50O5S2. The molecule has 0 heterocycles. The van der Waals surface area contributed by atoms with E-state index in [4.69, 9.17) is 4.74 Å². The Bertz CT molecular complexity index is 717. The Balaban J connectivity index is -0.000000469. The van der Waals surface area contributed by atoms with Crippen molar-refractivity contribution in [2.75, 3.05) is 0 Å². The number of ketones is 1. The highest BCUT2D eigenvalue weighted by Crippen LogP contribution is 2.26. The maximum Gasteiger partial charge on any atom is 0.330 e. The Hall–Kier alpha value is -1.60. The number of ether oxygens (including phenoxy) is 1. The molecule has 0 spiro atoms. The third-order valence-electron chi connectivity index (χ3n) is 3.31. The number of rotatable bonds is 10. The second-order valence-corrected chi connectivity index (χ2v) is 14.8. The van der Waals surface area contributed by atoms with Crippen LogP contribution in [0.25, 0.3) is 0 Å². The van der Waals surface area contributed by atoms with Crippen LogP contribution in [0.15, 0.2) is 37.5 Å². The van der Waals surface area contributed by atoms with Crippen LogP contribution in [0, 0.1) is 0 Å². The first kappa shape index (κ1) is 38.9. The van der Waals surface area contributed by atoms with Crippen LogP contribution in [0.3, 0.4) is 0 Å². The van der Waals surface area contributed by atoms with Crippen LogP contribution in [-0.4, -0.2) is 37.1 Å². The summed E-state index contributed by atoms with van der Waals surface area (Å²) in [6, 6.07) is 0. The van der Waals surface area contributed by atoms with Crippen molar-refractivity contribution in [3.63, 3.8) is 0 Å². The number of unbranched alkanes of at least 4 members (excludes halogenated alkanes) is 2. The Morgan fingerprint density at radius 2 is 1.17 bits per heavy atom. The Kier molecular flexibility index (Phi) is 22.1. The lowest BCUT2D eigenvalue weighted by atomic mass is 10.2. The van der Waals surface area contributed by atoms with Gasteiger partial charge in [0.25, 0.3) is 0 Å². The molecule has 208 valence electrons. The molecule has 0 rings (SSSR count). The van der Waals surface area contributed by atoms with Crippen molar-refractivity contribution < 1.29 is 23.9 Å². The molecule has 0 radical (unpaired) electrons. The Morgan fingerprint density at radius 3 is 1.44 bits per heavy atom. The second kappa shape index (κ2) is 20.5. The van der Waals surface area contributed by atoms with Gasteiger partial charge in [0.15, 0.2) is 16.0 Å². The smallest absolute Gasteiger partial charge is 0.330 e. The van der Waals surface area contributed by atoms with Crippen molar-refractivity contribution in [1.29, 1.82) is 0 Å². The van der Waals surface area contributed by atoms with Crippen LogP contribution in [-0.2, 0) is 23.9 Å². The van der Waals surface area contributed by atoms with E-state index in [9.17, 15) is 19.2 Å². The van der Waals surface area contributed by atoms with E-state index in [0.717, 1.165) is 31.8 Å². The lowest BCUT2D eigenvalue weighted by molar-refractivity contribution is -0.148. The molecule has 0 bridgehead atoms. The molecule has 0 N–H and O–H groups in total. The fraction of sp³-hybridized carbons (Fsp3) is 0.655. The van der Waals surface area contributed by atoms with Crippen molar-refractivity contribution in [3.8, 4) is 0 Å². The van der Waals surface area contributed by atoms with Gasteiger partial charge in [-0.05, 0) is 59.5 Å². The second-order valence-electron chi connectivity index (χ2n) is 11.0. The maximum atomic E-state index is 11.4. The van der Waals surface area contributed by atoms with Crippen LogP contribution in [0.5, 0.6) is 0 Å². The third-order valence-corrected chi connectivity index (χ3v) is 5.40. The van der Waals surface area contributed by atoms with Gasteiger partial charge in [0.2, 0.25) is 0 Å². The summed E-state index contributed by atoms with van der Waals surface area (Å²) < 4.78 is 4.90. The normalized spacial score (nSPS) is 11.4. The molecule has 0 fully saturated rings. The van der Waals surface area contributed by atoms with E-state index in [0.29, 0.717) is 18.0 Å². The highest BCUT2D eigenvalue weighted by atomic mass is 32.2. The molecule has 0 amide bonds. The van der Waals surface area contributed by atoms with Gasteiger partial charge in [0.05, 0.1) is 0 Å². The molecular weight excluding hydrogens is 492 g/mol. The zero-order valence-electron chi connectivity index (χ0n) is 24.3. The van der Waals surface area contributed by atoms with Crippen LogP contribution in [0.4, 0.5) is 0 Å². The quantitative estimate of drug-likeness (QED) is 0.119. The first-order valence-corrected chi connectivity index (χ1v) is 13.9. The molecule has 0 saturated carbocycles. The number of hydrogen-bond donors (Lipinski definition) is 0. The summed E-state index contributed by atoms with van der Waals surface area (Å²) in [5, 5.41) is 0.531. The zero-order chi connectivity index (χ0) is 29.0. The summed E-state index contributed by atoms with van der Waals surface area (Å²) in [6.45, 7) is 26.1. The molecule has 36 heavy (non-hydrogen) atoms. The summed E-state index contributed by atoms with van der Waals surface area (Å²) >= 11 is 2.83. The van der Waals surface area contributed by atoms with Crippen molar-refractivity contribution in [2.24, 2.45) is 0 Å². The van der Waals surface area contributed by atoms with E-state index >= 15 is 0 Å². The van der Waals surface area contributed by atoms with E-state index in [1.807, 2.05) is 53.7 Å². The maximum absolute atomic E-state index is 11.4. The fourth-order valence-electron chi connectivity index (χ4n) is 2.13. The topological polar surface area (TPSA) is 77.5 Å². The predicted molar refractivity (Wildman–Crippen MR) is 158 cm³/mol. The van der Waals surface area contributed by atoms with Crippen molar-refractivity contribution in [2.45, 2.75) is 123 Å². The predicted octanol–water partition coefficient (Wildman–Crippen LogP) is 8.28. The van der Waals surface area contributed by atoms with Crippen LogP contribution in [0.1, 0.15) is 108 Å². The fourth-order valence-corrected chi connectivity index (χ4v) is 3.99. The highest BCUT2D eigenvalue weighted by molar-refractivity contribution is 8.15. The molecule has 7 heteroatoms. The van der Waals surface area contributed by atoms with E-state index in [1.165, 1.54) is 30.4 Å². The summed E-state index contributed by atoms with van der Waals surface area (Å²) in [6.07, 6.45) is 11.2. The minimum Gasteiger partial charge on any atom is -0.457 e. The number of hydrogen-bond acceptors (Lipinski definition) is 7. The molecule has 0 aromatic carbocycles. The zero-order valence-corrected chi connectivity index (χ0v) is 26.0. The molecule has 0 unspecified atom stereocenters. The molecule has 0 aliphatic carbocycles. The lowest BCUT2D eigenvalue weighted by Gasteiger charge is -2.17. The minimum absolute atomic E-state index is 0.00626.